The summed E-state index contributed by atoms with van der Waals surface area (Å²) in [6, 6.07) is 12.7. The third-order valence-corrected chi connectivity index (χ3v) is 6.01. The average molecular weight is 426 g/mol. The van der Waals surface area contributed by atoms with Crippen LogP contribution in [0, 0.1) is 6.92 Å². The quantitative estimate of drug-likeness (QED) is 0.665. The Morgan fingerprint density at radius 2 is 1.81 bits per heavy atom. The molecule has 0 aliphatic carbocycles. The van der Waals surface area contributed by atoms with Crippen molar-refractivity contribution in [2.45, 2.75) is 52.2 Å². The molecule has 0 aromatic heterocycles. The molecule has 168 valence electrons. The number of hydrogen-bond acceptors (Lipinski definition) is 4. The summed E-state index contributed by atoms with van der Waals surface area (Å²) < 4.78 is 11.1. The molecule has 0 spiro atoms. The number of urea groups is 1. The van der Waals surface area contributed by atoms with Crippen molar-refractivity contribution in [3.05, 3.63) is 58.7 Å². The number of rotatable bonds is 8. The van der Waals surface area contributed by atoms with Gasteiger partial charge >= 0.3 is 6.03 Å². The lowest BCUT2D eigenvalue weighted by Crippen LogP contribution is -2.50. The first-order valence-electron chi connectivity index (χ1n) is 11.1. The minimum atomic E-state index is -0.128. The van der Waals surface area contributed by atoms with E-state index in [4.69, 9.17) is 9.47 Å². The van der Waals surface area contributed by atoms with Crippen molar-refractivity contribution in [2.24, 2.45) is 0 Å². The van der Waals surface area contributed by atoms with Crippen LogP contribution in [0.1, 0.15) is 48.6 Å². The fourth-order valence-electron chi connectivity index (χ4n) is 4.39. The Balaban J connectivity index is 2.00. The van der Waals surface area contributed by atoms with E-state index in [0.29, 0.717) is 6.54 Å². The summed E-state index contributed by atoms with van der Waals surface area (Å²) in [5.74, 6) is 1.47. The highest BCUT2D eigenvalue weighted by Crippen LogP contribution is 2.40. The number of fused-ring (bicyclic) bond motifs is 1. The van der Waals surface area contributed by atoms with Gasteiger partial charge < -0.3 is 20.1 Å². The van der Waals surface area contributed by atoms with E-state index < -0.39 is 0 Å². The number of hydrogen-bond donors (Lipinski definition) is 2. The van der Waals surface area contributed by atoms with E-state index in [2.05, 4.69) is 65.8 Å². The van der Waals surface area contributed by atoms with Gasteiger partial charge in [0.15, 0.2) is 11.5 Å². The first-order chi connectivity index (χ1) is 15.0. The Kier molecular flexibility index (Phi) is 7.80. The molecule has 31 heavy (non-hydrogen) atoms. The molecule has 0 bridgehead atoms. The van der Waals surface area contributed by atoms with Crippen molar-refractivity contribution in [2.75, 3.05) is 27.3 Å². The molecular weight excluding hydrogens is 390 g/mol. The Morgan fingerprint density at radius 3 is 2.42 bits per heavy atom. The molecule has 0 unspecified atom stereocenters. The predicted molar refractivity (Wildman–Crippen MR) is 124 cm³/mol. The largest absolute Gasteiger partial charge is 0.493 e. The second-order valence-electron chi connectivity index (χ2n) is 8.08. The number of aryl methyl sites for hydroxylation is 1. The molecule has 0 fully saturated rings. The molecule has 3 rings (SSSR count). The smallest absolute Gasteiger partial charge is 0.315 e. The van der Waals surface area contributed by atoms with Gasteiger partial charge in [0.25, 0.3) is 0 Å². The highest BCUT2D eigenvalue weighted by Gasteiger charge is 2.35. The fraction of sp³-hybridized carbons (Fsp3) is 0.480. The minimum absolute atomic E-state index is 0.0332. The molecule has 2 aromatic rings. The SMILES string of the molecule is CCNC(=O)N[C@@H](CC)[C@H]1c2cc(OC)c(OC)cc2CCN1Cc1ccc(C)cc1. The summed E-state index contributed by atoms with van der Waals surface area (Å²) in [6.07, 6.45) is 1.75. The average Bonchev–Trinajstić information content (AvgIpc) is 2.78. The van der Waals surface area contributed by atoms with Crippen LogP contribution >= 0.6 is 0 Å². The number of nitrogens with one attached hydrogen (secondary N) is 2. The Hall–Kier alpha value is -2.73. The van der Waals surface area contributed by atoms with Gasteiger partial charge in [-0.3, -0.25) is 4.90 Å². The normalized spacial score (nSPS) is 16.9. The van der Waals surface area contributed by atoms with E-state index >= 15 is 0 Å². The zero-order valence-corrected chi connectivity index (χ0v) is 19.3. The van der Waals surface area contributed by atoms with Crippen LogP contribution in [-0.4, -0.2) is 44.3 Å². The number of amides is 2. The van der Waals surface area contributed by atoms with E-state index in [1.165, 1.54) is 22.3 Å². The Labute approximate surface area is 185 Å². The summed E-state index contributed by atoms with van der Waals surface area (Å²) in [6.45, 7) is 8.49. The highest BCUT2D eigenvalue weighted by molar-refractivity contribution is 5.74. The lowest BCUT2D eigenvalue weighted by Gasteiger charge is -2.42. The number of carbonyl (C=O) groups is 1. The molecule has 1 aliphatic rings. The van der Waals surface area contributed by atoms with Crippen LogP contribution in [0.15, 0.2) is 36.4 Å². The van der Waals surface area contributed by atoms with Crippen molar-refractivity contribution >= 4 is 6.03 Å². The number of ether oxygens (including phenoxy) is 2. The molecule has 0 saturated heterocycles. The van der Waals surface area contributed by atoms with Crippen LogP contribution in [0.25, 0.3) is 0 Å². The van der Waals surface area contributed by atoms with Gasteiger partial charge in [-0.15, -0.1) is 0 Å². The van der Waals surface area contributed by atoms with E-state index in [1.807, 2.05) is 6.92 Å². The first kappa shape index (κ1) is 22.9. The van der Waals surface area contributed by atoms with Crippen molar-refractivity contribution in [1.82, 2.24) is 15.5 Å². The number of nitrogens with zero attached hydrogens (tertiary/aromatic N) is 1. The van der Waals surface area contributed by atoms with Gasteiger partial charge in [-0.2, -0.15) is 0 Å². The monoisotopic (exact) mass is 425 g/mol. The van der Waals surface area contributed by atoms with Crippen molar-refractivity contribution in [3.63, 3.8) is 0 Å². The van der Waals surface area contributed by atoms with Gasteiger partial charge in [0.05, 0.1) is 26.3 Å². The number of methoxy groups -OCH3 is 2. The maximum Gasteiger partial charge on any atom is 0.315 e. The van der Waals surface area contributed by atoms with E-state index in [1.54, 1.807) is 14.2 Å². The molecule has 2 atom stereocenters. The van der Waals surface area contributed by atoms with Crippen molar-refractivity contribution in [3.8, 4) is 11.5 Å². The molecule has 0 saturated carbocycles. The first-order valence-corrected chi connectivity index (χ1v) is 11.1. The molecule has 0 radical (unpaired) electrons. The second-order valence-corrected chi connectivity index (χ2v) is 8.08. The zero-order valence-electron chi connectivity index (χ0n) is 19.3. The zero-order chi connectivity index (χ0) is 22.4. The van der Waals surface area contributed by atoms with Crippen LogP contribution in [0.2, 0.25) is 0 Å². The van der Waals surface area contributed by atoms with Gasteiger partial charge in [-0.1, -0.05) is 36.8 Å². The van der Waals surface area contributed by atoms with Gasteiger partial charge in [0, 0.05) is 19.6 Å². The van der Waals surface area contributed by atoms with Gasteiger partial charge in [-0.25, -0.2) is 4.79 Å². The molecule has 1 heterocycles. The maximum absolute atomic E-state index is 12.4. The summed E-state index contributed by atoms with van der Waals surface area (Å²) in [5, 5.41) is 6.08. The third kappa shape index (κ3) is 5.31. The van der Waals surface area contributed by atoms with Crippen molar-refractivity contribution in [1.29, 1.82) is 0 Å². The standard InChI is InChI=1S/C25H35N3O3/c1-6-21(27-25(29)26-7-2)24-20-15-23(31-5)22(30-4)14-19(20)12-13-28(24)16-18-10-8-17(3)9-11-18/h8-11,14-15,21,24H,6-7,12-13,16H2,1-5H3,(H2,26,27,29)/t21-,24+/m0/s1. The highest BCUT2D eigenvalue weighted by atomic mass is 16.5. The minimum Gasteiger partial charge on any atom is -0.493 e. The van der Waals surface area contributed by atoms with Gasteiger partial charge in [-0.05, 0) is 55.5 Å². The van der Waals surface area contributed by atoms with Gasteiger partial charge in [0.2, 0.25) is 0 Å². The molecule has 2 N–H and O–H groups in total. The van der Waals surface area contributed by atoms with Crippen molar-refractivity contribution < 1.29 is 14.3 Å². The summed E-state index contributed by atoms with van der Waals surface area (Å²) >= 11 is 0. The van der Waals surface area contributed by atoms with E-state index in [9.17, 15) is 4.79 Å². The van der Waals surface area contributed by atoms with Crippen LogP contribution < -0.4 is 20.1 Å². The number of carbonyl (C=O) groups excluding carboxylic acids is 1. The lowest BCUT2D eigenvalue weighted by molar-refractivity contribution is 0.135. The molecular formula is C25H35N3O3. The van der Waals surface area contributed by atoms with Crippen LogP contribution in [0.4, 0.5) is 4.79 Å². The number of benzene rings is 2. The topological polar surface area (TPSA) is 62.8 Å². The Bertz CT molecular complexity index is 882. The third-order valence-electron chi connectivity index (χ3n) is 6.01. The van der Waals surface area contributed by atoms with Crippen LogP contribution in [-0.2, 0) is 13.0 Å². The molecule has 6 nitrogen and oxygen atoms in total. The Morgan fingerprint density at radius 1 is 1.13 bits per heavy atom. The van der Waals surface area contributed by atoms with Crippen LogP contribution in [0.3, 0.4) is 0 Å². The molecule has 1 aliphatic heterocycles. The van der Waals surface area contributed by atoms with E-state index in [0.717, 1.165) is 37.4 Å². The molecule has 2 amide bonds. The van der Waals surface area contributed by atoms with E-state index in [-0.39, 0.29) is 18.1 Å². The molecule has 2 aromatic carbocycles. The summed E-state index contributed by atoms with van der Waals surface area (Å²) in [7, 11) is 3.33. The summed E-state index contributed by atoms with van der Waals surface area (Å²) in [4.78, 5) is 14.9. The molecule has 6 heteroatoms. The van der Waals surface area contributed by atoms with Crippen LogP contribution in [0.5, 0.6) is 11.5 Å². The summed E-state index contributed by atoms with van der Waals surface area (Å²) in [5.41, 5.74) is 4.97. The lowest BCUT2D eigenvalue weighted by atomic mass is 9.86. The fourth-order valence-corrected chi connectivity index (χ4v) is 4.39. The second kappa shape index (κ2) is 10.5. The maximum atomic E-state index is 12.4. The predicted octanol–water partition coefficient (Wildman–Crippen LogP) is 4.21. The van der Waals surface area contributed by atoms with Gasteiger partial charge in [0.1, 0.15) is 0 Å².